The predicted octanol–water partition coefficient (Wildman–Crippen LogP) is 1.90. The molecule has 0 amide bonds. The van der Waals surface area contributed by atoms with Crippen LogP contribution in [0.3, 0.4) is 0 Å². The summed E-state index contributed by atoms with van der Waals surface area (Å²) >= 11 is 0. The molecule has 0 atom stereocenters. The summed E-state index contributed by atoms with van der Waals surface area (Å²) in [6, 6.07) is 7.02. The van der Waals surface area contributed by atoms with E-state index in [4.69, 9.17) is 4.52 Å². The van der Waals surface area contributed by atoms with E-state index in [0.29, 0.717) is 17.1 Å². The predicted molar refractivity (Wildman–Crippen MR) is 62.4 cm³/mol. The number of rotatable bonds is 2. The van der Waals surface area contributed by atoms with E-state index in [9.17, 15) is 5.11 Å². The van der Waals surface area contributed by atoms with Crippen LogP contribution in [0, 0.1) is 0 Å². The van der Waals surface area contributed by atoms with Crippen LogP contribution in [0.1, 0.15) is 0 Å². The molecule has 0 saturated carbocycles. The average molecular weight is 240 g/mol. The van der Waals surface area contributed by atoms with Gasteiger partial charge in [-0.1, -0.05) is 11.2 Å². The molecule has 3 aromatic heterocycles. The molecule has 0 aromatic carbocycles. The van der Waals surface area contributed by atoms with Gasteiger partial charge in [0, 0.05) is 12.4 Å². The maximum Gasteiger partial charge on any atom is 0.262 e. The number of hydrogen-bond donors (Lipinski definition) is 1. The molecule has 0 unspecified atom stereocenters. The highest BCUT2D eigenvalue weighted by molar-refractivity contribution is 5.62. The Kier molecular flexibility index (Phi) is 2.45. The summed E-state index contributed by atoms with van der Waals surface area (Å²) in [6.45, 7) is 0. The van der Waals surface area contributed by atoms with Crippen molar-refractivity contribution in [1.82, 2.24) is 20.1 Å². The van der Waals surface area contributed by atoms with Crippen molar-refractivity contribution in [2.75, 3.05) is 0 Å². The van der Waals surface area contributed by atoms with Gasteiger partial charge in [0.25, 0.3) is 5.89 Å². The quantitative estimate of drug-likeness (QED) is 0.736. The Bertz CT molecular complexity index is 667. The van der Waals surface area contributed by atoms with Gasteiger partial charge in [-0.2, -0.15) is 4.98 Å². The molecule has 0 aliphatic carbocycles. The standard InChI is InChI=1S/C12H8N4O2/c17-10-7-13-6-4-8(10)12-15-11(16-18-12)9-3-1-2-5-14-9/h1-7,17H. The second kappa shape index (κ2) is 4.25. The molecule has 6 nitrogen and oxygen atoms in total. The third-order valence-corrected chi connectivity index (χ3v) is 2.35. The maximum atomic E-state index is 9.64. The molecule has 3 rings (SSSR count). The van der Waals surface area contributed by atoms with Crippen LogP contribution in [0.5, 0.6) is 5.75 Å². The smallest absolute Gasteiger partial charge is 0.262 e. The van der Waals surface area contributed by atoms with Gasteiger partial charge in [-0.3, -0.25) is 9.97 Å². The van der Waals surface area contributed by atoms with E-state index in [0.717, 1.165) is 0 Å². The summed E-state index contributed by atoms with van der Waals surface area (Å²) in [6.07, 6.45) is 4.51. The van der Waals surface area contributed by atoms with E-state index in [-0.39, 0.29) is 11.6 Å². The molecule has 0 spiro atoms. The second-order valence-corrected chi connectivity index (χ2v) is 3.53. The van der Waals surface area contributed by atoms with Crippen molar-refractivity contribution in [3.8, 4) is 28.7 Å². The van der Waals surface area contributed by atoms with Crippen molar-refractivity contribution in [3.63, 3.8) is 0 Å². The van der Waals surface area contributed by atoms with Crippen molar-refractivity contribution in [3.05, 3.63) is 42.9 Å². The van der Waals surface area contributed by atoms with E-state index in [1.807, 2.05) is 6.07 Å². The van der Waals surface area contributed by atoms with Gasteiger partial charge in [0.15, 0.2) is 0 Å². The molecule has 6 heteroatoms. The molecule has 0 saturated heterocycles. The van der Waals surface area contributed by atoms with Gasteiger partial charge in [0.2, 0.25) is 5.82 Å². The fraction of sp³-hybridized carbons (Fsp3) is 0. The van der Waals surface area contributed by atoms with Gasteiger partial charge in [-0.15, -0.1) is 0 Å². The van der Waals surface area contributed by atoms with Gasteiger partial charge in [-0.25, -0.2) is 0 Å². The van der Waals surface area contributed by atoms with Crippen LogP contribution in [-0.4, -0.2) is 25.2 Å². The molecule has 0 aliphatic heterocycles. The van der Waals surface area contributed by atoms with Crippen LogP contribution in [0.4, 0.5) is 0 Å². The minimum Gasteiger partial charge on any atom is -0.505 e. The lowest BCUT2D eigenvalue weighted by atomic mass is 10.2. The highest BCUT2D eigenvalue weighted by Crippen LogP contribution is 2.27. The van der Waals surface area contributed by atoms with E-state index in [1.54, 1.807) is 30.6 Å². The summed E-state index contributed by atoms with van der Waals surface area (Å²) in [5, 5.41) is 13.5. The Hall–Kier alpha value is -2.76. The van der Waals surface area contributed by atoms with Crippen molar-refractivity contribution in [2.24, 2.45) is 0 Å². The number of pyridine rings is 2. The van der Waals surface area contributed by atoms with E-state index < -0.39 is 0 Å². The Morgan fingerprint density at radius 2 is 2.06 bits per heavy atom. The van der Waals surface area contributed by atoms with Gasteiger partial charge >= 0.3 is 0 Å². The van der Waals surface area contributed by atoms with Crippen LogP contribution >= 0.6 is 0 Å². The van der Waals surface area contributed by atoms with E-state index in [1.165, 1.54) is 6.20 Å². The summed E-state index contributed by atoms with van der Waals surface area (Å²) in [5.74, 6) is 0.603. The third-order valence-electron chi connectivity index (χ3n) is 2.35. The number of hydrogen-bond acceptors (Lipinski definition) is 6. The SMILES string of the molecule is Oc1cnccc1-c1nc(-c2ccccn2)no1. The number of aromatic nitrogens is 4. The van der Waals surface area contributed by atoms with Crippen molar-refractivity contribution in [1.29, 1.82) is 0 Å². The Labute approximate surface area is 102 Å². The summed E-state index contributed by atoms with van der Waals surface area (Å²) in [5.41, 5.74) is 1.06. The molecule has 88 valence electrons. The molecule has 0 aliphatic rings. The Morgan fingerprint density at radius 3 is 2.83 bits per heavy atom. The zero-order valence-corrected chi connectivity index (χ0v) is 9.19. The van der Waals surface area contributed by atoms with Gasteiger partial charge in [0.1, 0.15) is 11.4 Å². The highest BCUT2D eigenvalue weighted by Gasteiger charge is 2.13. The van der Waals surface area contributed by atoms with Gasteiger partial charge in [0.05, 0.1) is 11.8 Å². The molecule has 3 aromatic rings. The molecule has 1 N–H and O–H groups in total. The fourth-order valence-corrected chi connectivity index (χ4v) is 1.50. The lowest BCUT2D eigenvalue weighted by Gasteiger charge is -1.95. The Morgan fingerprint density at radius 1 is 1.11 bits per heavy atom. The molecule has 18 heavy (non-hydrogen) atoms. The lowest BCUT2D eigenvalue weighted by molar-refractivity contribution is 0.425. The fourth-order valence-electron chi connectivity index (χ4n) is 1.50. The van der Waals surface area contributed by atoms with Crippen LogP contribution in [-0.2, 0) is 0 Å². The second-order valence-electron chi connectivity index (χ2n) is 3.53. The number of nitrogens with zero attached hydrogens (tertiary/aromatic N) is 4. The first-order valence-electron chi connectivity index (χ1n) is 5.23. The topological polar surface area (TPSA) is 84.9 Å². The van der Waals surface area contributed by atoms with Crippen molar-refractivity contribution < 1.29 is 9.63 Å². The van der Waals surface area contributed by atoms with Crippen LogP contribution < -0.4 is 0 Å². The van der Waals surface area contributed by atoms with Crippen LogP contribution in [0.15, 0.2) is 47.4 Å². The first kappa shape index (κ1) is 10.4. The summed E-state index contributed by atoms with van der Waals surface area (Å²) in [4.78, 5) is 12.1. The molecule has 0 bridgehead atoms. The zero-order valence-electron chi connectivity index (χ0n) is 9.19. The lowest BCUT2D eigenvalue weighted by Crippen LogP contribution is -1.84. The normalized spacial score (nSPS) is 10.4. The Balaban J connectivity index is 2.03. The monoisotopic (exact) mass is 240 g/mol. The van der Waals surface area contributed by atoms with E-state index in [2.05, 4.69) is 20.1 Å². The largest absolute Gasteiger partial charge is 0.505 e. The third kappa shape index (κ3) is 1.80. The highest BCUT2D eigenvalue weighted by atomic mass is 16.5. The zero-order chi connectivity index (χ0) is 12.4. The minimum atomic E-state index is -0.00581. The summed E-state index contributed by atoms with van der Waals surface area (Å²) in [7, 11) is 0. The van der Waals surface area contributed by atoms with Crippen LogP contribution in [0.2, 0.25) is 0 Å². The molecular formula is C12H8N4O2. The summed E-state index contributed by atoms with van der Waals surface area (Å²) < 4.78 is 5.10. The van der Waals surface area contributed by atoms with Crippen LogP contribution in [0.25, 0.3) is 23.0 Å². The minimum absolute atomic E-state index is 0.00581. The molecule has 0 fully saturated rings. The average Bonchev–Trinajstić information content (AvgIpc) is 2.90. The first-order chi connectivity index (χ1) is 8.84. The number of aromatic hydroxyl groups is 1. The van der Waals surface area contributed by atoms with Crippen molar-refractivity contribution in [2.45, 2.75) is 0 Å². The molecular weight excluding hydrogens is 232 g/mol. The van der Waals surface area contributed by atoms with Gasteiger partial charge < -0.3 is 9.63 Å². The molecule has 3 heterocycles. The van der Waals surface area contributed by atoms with Gasteiger partial charge in [-0.05, 0) is 18.2 Å². The molecule has 0 radical (unpaired) electrons. The maximum absolute atomic E-state index is 9.64. The van der Waals surface area contributed by atoms with E-state index >= 15 is 0 Å². The van der Waals surface area contributed by atoms with Crippen molar-refractivity contribution >= 4 is 0 Å². The first-order valence-corrected chi connectivity index (χ1v) is 5.23.